The largest absolute Gasteiger partial charge is 0.302 e. The molecule has 1 aromatic carbocycles. The van der Waals surface area contributed by atoms with Crippen molar-refractivity contribution in [3.05, 3.63) is 42.5 Å². The number of allylic oxidation sites excluding steroid dienone is 1. The standard InChI is InChI=1S/C9H10O2S/c1-2-3-8-4-6-9(7-5-8)12(10)11/h2,4-7H,1,3H2,(H,10,11). The number of hydrogen-bond donors (Lipinski definition) is 1. The van der Waals surface area contributed by atoms with Crippen LogP contribution >= 0.6 is 0 Å². The quantitative estimate of drug-likeness (QED) is 0.573. The van der Waals surface area contributed by atoms with Crippen molar-refractivity contribution in [3.63, 3.8) is 0 Å². The molecule has 12 heavy (non-hydrogen) atoms. The summed E-state index contributed by atoms with van der Waals surface area (Å²) in [5.74, 6) is 0. The first-order valence-electron chi connectivity index (χ1n) is 3.54. The molecule has 64 valence electrons. The molecule has 3 heteroatoms. The van der Waals surface area contributed by atoms with Crippen LogP contribution in [0.1, 0.15) is 5.56 Å². The third kappa shape index (κ3) is 2.29. The van der Waals surface area contributed by atoms with E-state index >= 15 is 0 Å². The highest BCUT2D eigenvalue weighted by Gasteiger charge is 1.97. The summed E-state index contributed by atoms with van der Waals surface area (Å²) in [7, 11) is 0. The van der Waals surface area contributed by atoms with Gasteiger partial charge < -0.3 is 4.55 Å². The van der Waals surface area contributed by atoms with Gasteiger partial charge in [0.25, 0.3) is 0 Å². The molecule has 1 rings (SSSR count). The maximum absolute atomic E-state index is 10.6. The molecule has 1 atom stereocenters. The molecule has 0 amide bonds. The summed E-state index contributed by atoms with van der Waals surface area (Å²) >= 11 is -1.87. The smallest absolute Gasteiger partial charge is 0.186 e. The fourth-order valence-electron chi connectivity index (χ4n) is 0.909. The van der Waals surface area contributed by atoms with Crippen molar-refractivity contribution in [2.75, 3.05) is 0 Å². The molecule has 0 aliphatic carbocycles. The molecule has 0 heterocycles. The van der Waals surface area contributed by atoms with E-state index in [9.17, 15) is 4.21 Å². The Morgan fingerprint density at radius 1 is 1.42 bits per heavy atom. The van der Waals surface area contributed by atoms with Gasteiger partial charge in [0.1, 0.15) is 0 Å². The average Bonchev–Trinajstić information content (AvgIpc) is 2.06. The molecule has 0 spiro atoms. The van der Waals surface area contributed by atoms with Gasteiger partial charge in [0, 0.05) is 0 Å². The van der Waals surface area contributed by atoms with Crippen molar-refractivity contribution in [2.24, 2.45) is 0 Å². The minimum atomic E-state index is -1.87. The van der Waals surface area contributed by atoms with Crippen LogP contribution in [0, 0.1) is 0 Å². The van der Waals surface area contributed by atoms with Gasteiger partial charge in [-0.05, 0) is 24.1 Å². The lowest BCUT2D eigenvalue weighted by atomic mass is 10.2. The Labute approximate surface area is 74.2 Å². The van der Waals surface area contributed by atoms with Gasteiger partial charge in [0.05, 0.1) is 4.90 Å². The Kier molecular flexibility index (Phi) is 3.19. The molecule has 0 aliphatic heterocycles. The highest BCUT2D eigenvalue weighted by atomic mass is 32.2. The second-order valence-electron chi connectivity index (χ2n) is 2.39. The van der Waals surface area contributed by atoms with E-state index in [0.717, 1.165) is 12.0 Å². The van der Waals surface area contributed by atoms with Gasteiger partial charge in [0.15, 0.2) is 11.1 Å². The highest BCUT2D eigenvalue weighted by molar-refractivity contribution is 7.79. The van der Waals surface area contributed by atoms with Crippen molar-refractivity contribution >= 4 is 11.1 Å². The second-order valence-corrected chi connectivity index (χ2v) is 3.36. The van der Waals surface area contributed by atoms with Crippen LogP contribution in [0.2, 0.25) is 0 Å². The molecule has 1 aromatic rings. The zero-order chi connectivity index (χ0) is 8.97. The van der Waals surface area contributed by atoms with Crippen molar-refractivity contribution in [3.8, 4) is 0 Å². The maximum atomic E-state index is 10.6. The minimum Gasteiger partial charge on any atom is -0.302 e. The Bertz CT molecular complexity index is 290. The molecule has 0 radical (unpaired) electrons. The van der Waals surface area contributed by atoms with Crippen LogP contribution in [0.5, 0.6) is 0 Å². The summed E-state index contributed by atoms with van der Waals surface area (Å²) in [5.41, 5.74) is 1.10. The number of rotatable bonds is 3. The summed E-state index contributed by atoms with van der Waals surface area (Å²) in [4.78, 5) is 0.433. The first-order valence-corrected chi connectivity index (χ1v) is 4.65. The Morgan fingerprint density at radius 3 is 2.42 bits per heavy atom. The molecular formula is C9H10O2S. The molecule has 0 aliphatic rings. The van der Waals surface area contributed by atoms with Gasteiger partial charge in [-0.15, -0.1) is 6.58 Å². The van der Waals surface area contributed by atoms with Gasteiger partial charge in [-0.1, -0.05) is 18.2 Å². The van der Waals surface area contributed by atoms with Gasteiger partial charge in [-0.2, -0.15) is 0 Å². The molecule has 0 fully saturated rings. The van der Waals surface area contributed by atoms with Crippen LogP contribution in [-0.4, -0.2) is 8.76 Å². The van der Waals surface area contributed by atoms with E-state index in [1.807, 2.05) is 12.1 Å². The fraction of sp³-hybridized carbons (Fsp3) is 0.111. The summed E-state index contributed by atoms with van der Waals surface area (Å²) in [6.45, 7) is 3.60. The van der Waals surface area contributed by atoms with Crippen LogP contribution < -0.4 is 0 Å². The van der Waals surface area contributed by atoms with Crippen molar-refractivity contribution in [1.82, 2.24) is 0 Å². The molecular weight excluding hydrogens is 172 g/mol. The molecule has 0 saturated heterocycles. The lowest BCUT2D eigenvalue weighted by Crippen LogP contribution is -1.88. The van der Waals surface area contributed by atoms with Crippen molar-refractivity contribution in [2.45, 2.75) is 11.3 Å². The van der Waals surface area contributed by atoms with Gasteiger partial charge in [-0.25, -0.2) is 4.21 Å². The van der Waals surface area contributed by atoms with E-state index in [-0.39, 0.29) is 0 Å². The summed E-state index contributed by atoms with van der Waals surface area (Å²) in [6, 6.07) is 6.94. The van der Waals surface area contributed by atoms with Gasteiger partial charge >= 0.3 is 0 Å². The summed E-state index contributed by atoms with van der Waals surface area (Å²) in [6.07, 6.45) is 2.59. The van der Waals surface area contributed by atoms with Crippen molar-refractivity contribution in [1.29, 1.82) is 0 Å². The molecule has 1 unspecified atom stereocenters. The zero-order valence-electron chi connectivity index (χ0n) is 6.56. The van der Waals surface area contributed by atoms with E-state index in [1.165, 1.54) is 0 Å². The van der Waals surface area contributed by atoms with Crippen LogP contribution in [0.4, 0.5) is 0 Å². The van der Waals surface area contributed by atoms with E-state index in [4.69, 9.17) is 4.55 Å². The van der Waals surface area contributed by atoms with Crippen LogP contribution in [0.3, 0.4) is 0 Å². The van der Waals surface area contributed by atoms with Crippen molar-refractivity contribution < 1.29 is 8.76 Å². The second kappa shape index (κ2) is 4.18. The third-order valence-electron chi connectivity index (χ3n) is 1.51. The number of benzene rings is 1. The highest BCUT2D eigenvalue weighted by Crippen LogP contribution is 2.07. The predicted octanol–water partition coefficient (Wildman–Crippen LogP) is 2.00. The molecule has 0 saturated carbocycles. The lowest BCUT2D eigenvalue weighted by molar-refractivity contribution is 0.564. The van der Waals surface area contributed by atoms with E-state index in [0.29, 0.717) is 4.90 Å². The van der Waals surface area contributed by atoms with Crippen LogP contribution in [0.15, 0.2) is 41.8 Å². The minimum absolute atomic E-state index is 0.433. The molecule has 0 bridgehead atoms. The first-order chi connectivity index (χ1) is 5.74. The fourth-order valence-corrected chi connectivity index (χ4v) is 1.28. The third-order valence-corrected chi connectivity index (χ3v) is 2.18. The van der Waals surface area contributed by atoms with E-state index in [1.54, 1.807) is 18.2 Å². The van der Waals surface area contributed by atoms with Crippen LogP contribution in [-0.2, 0) is 17.5 Å². The Morgan fingerprint density at radius 2 is 2.00 bits per heavy atom. The normalized spacial score (nSPS) is 12.4. The molecule has 0 aromatic heterocycles. The van der Waals surface area contributed by atoms with E-state index < -0.39 is 11.1 Å². The average molecular weight is 182 g/mol. The molecule has 2 nitrogen and oxygen atoms in total. The van der Waals surface area contributed by atoms with Gasteiger partial charge in [0.2, 0.25) is 0 Å². The lowest BCUT2D eigenvalue weighted by Gasteiger charge is -1.97. The van der Waals surface area contributed by atoms with Gasteiger partial charge in [-0.3, -0.25) is 0 Å². The number of hydrogen-bond acceptors (Lipinski definition) is 1. The summed E-state index contributed by atoms with van der Waals surface area (Å²) in [5, 5.41) is 0. The Balaban J connectivity index is 2.85. The molecule has 1 N–H and O–H groups in total. The van der Waals surface area contributed by atoms with Crippen LogP contribution in [0.25, 0.3) is 0 Å². The van der Waals surface area contributed by atoms with E-state index in [2.05, 4.69) is 6.58 Å². The monoisotopic (exact) mass is 182 g/mol. The maximum Gasteiger partial charge on any atom is 0.186 e. The topological polar surface area (TPSA) is 37.3 Å². The summed E-state index contributed by atoms with van der Waals surface area (Å²) < 4.78 is 19.3. The predicted molar refractivity (Wildman–Crippen MR) is 49.4 cm³/mol. The SMILES string of the molecule is C=CCc1ccc(S(=O)O)cc1. The first kappa shape index (κ1) is 9.16. The zero-order valence-corrected chi connectivity index (χ0v) is 7.38. The Hall–Kier alpha value is -0.930.